The van der Waals surface area contributed by atoms with Gasteiger partial charge in [0, 0.05) is 28.6 Å². The van der Waals surface area contributed by atoms with Crippen LogP contribution in [0.1, 0.15) is 37.1 Å². The van der Waals surface area contributed by atoms with Crippen molar-refractivity contribution in [3.63, 3.8) is 0 Å². The van der Waals surface area contributed by atoms with E-state index in [1.54, 1.807) is 0 Å². The number of thiophene rings is 1. The van der Waals surface area contributed by atoms with Crippen molar-refractivity contribution in [2.75, 3.05) is 19.8 Å². The van der Waals surface area contributed by atoms with Crippen molar-refractivity contribution in [1.82, 2.24) is 5.32 Å². The van der Waals surface area contributed by atoms with Crippen molar-refractivity contribution in [2.24, 2.45) is 0 Å². The Hall–Kier alpha value is -1.26. The van der Waals surface area contributed by atoms with Gasteiger partial charge in [-0.3, -0.25) is 0 Å². The average Bonchev–Trinajstić information content (AvgIpc) is 2.66. The monoisotopic (exact) mass is 305 g/mol. The van der Waals surface area contributed by atoms with E-state index in [0.29, 0.717) is 0 Å². The lowest BCUT2D eigenvalue weighted by molar-refractivity contribution is 0.297. The lowest BCUT2D eigenvalue weighted by atomic mass is 10.1. The minimum Gasteiger partial charge on any atom is -0.490 e. The zero-order valence-electron chi connectivity index (χ0n) is 12.8. The molecule has 0 radical (unpaired) electrons. The lowest BCUT2D eigenvalue weighted by Crippen LogP contribution is -2.13. The molecule has 0 bridgehead atoms. The Labute approximate surface area is 130 Å². The number of aryl methyl sites for hydroxylation is 1. The number of ether oxygens (including phenoxy) is 2. The molecule has 0 saturated heterocycles. The molecule has 0 aliphatic carbocycles. The third-order valence-electron chi connectivity index (χ3n) is 3.81. The molecule has 2 aromatic rings. The molecule has 3 nitrogen and oxygen atoms in total. The van der Waals surface area contributed by atoms with Crippen LogP contribution in [0.25, 0.3) is 10.1 Å². The van der Waals surface area contributed by atoms with E-state index in [2.05, 4.69) is 31.3 Å². The molecule has 1 aromatic carbocycles. The summed E-state index contributed by atoms with van der Waals surface area (Å²) in [6.45, 7) is 7.95. The Morgan fingerprint density at radius 3 is 2.62 bits per heavy atom. The summed E-state index contributed by atoms with van der Waals surface area (Å²) in [5, 5.41) is 4.85. The molecule has 4 heteroatoms. The van der Waals surface area contributed by atoms with Gasteiger partial charge in [0.15, 0.2) is 11.5 Å². The first kappa shape index (κ1) is 14.7. The zero-order valence-corrected chi connectivity index (χ0v) is 13.6. The van der Waals surface area contributed by atoms with E-state index in [-0.39, 0.29) is 0 Å². The molecule has 0 unspecified atom stereocenters. The number of hydrogen-bond acceptors (Lipinski definition) is 4. The van der Waals surface area contributed by atoms with Gasteiger partial charge in [0.1, 0.15) is 0 Å². The summed E-state index contributed by atoms with van der Waals surface area (Å²) < 4.78 is 12.9. The SMILES string of the molecule is CCCNCc1sc2cc3c(cc2c1CC)OCCCO3. The highest BCUT2D eigenvalue weighted by Gasteiger charge is 2.16. The minimum absolute atomic E-state index is 0.745. The van der Waals surface area contributed by atoms with Crippen molar-refractivity contribution in [3.05, 3.63) is 22.6 Å². The molecule has 1 aliphatic rings. The molecule has 0 atom stereocenters. The molecule has 2 heterocycles. The van der Waals surface area contributed by atoms with Gasteiger partial charge < -0.3 is 14.8 Å². The van der Waals surface area contributed by atoms with E-state index < -0.39 is 0 Å². The lowest BCUT2D eigenvalue weighted by Gasteiger charge is -2.07. The minimum atomic E-state index is 0.745. The van der Waals surface area contributed by atoms with Crippen molar-refractivity contribution < 1.29 is 9.47 Å². The molecule has 0 spiro atoms. The summed E-state index contributed by atoms with van der Waals surface area (Å²) in [6, 6.07) is 4.33. The van der Waals surface area contributed by atoms with Gasteiger partial charge in [-0.2, -0.15) is 0 Å². The van der Waals surface area contributed by atoms with Gasteiger partial charge in [-0.05, 0) is 36.4 Å². The van der Waals surface area contributed by atoms with E-state index in [1.165, 1.54) is 26.9 Å². The molecule has 1 N–H and O–H groups in total. The topological polar surface area (TPSA) is 30.5 Å². The predicted molar refractivity (Wildman–Crippen MR) is 88.8 cm³/mol. The van der Waals surface area contributed by atoms with E-state index >= 15 is 0 Å². The standard InChI is InChI=1S/C17H23NO2S/c1-3-6-18-11-17-12(4-2)13-9-14-15(10-16(13)21-17)20-8-5-7-19-14/h9-10,18H,3-8,11H2,1-2H3. The van der Waals surface area contributed by atoms with Crippen LogP contribution in [0.2, 0.25) is 0 Å². The molecule has 0 amide bonds. The fourth-order valence-corrected chi connectivity index (χ4v) is 4.04. The number of nitrogens with one attached hydrogen (secondary N) is 1. The van der Waals surface area contributed by atoms with Crippen LogP contribution >= 0.6 is 11.3 Å². The Morgan fingerprint density at radius 2 is 1.90 bits per heavy atom. The maximum atomic E-state index is 5.83. The second-order valence-electron chi connectivity index (χ2n) is 5.38. The van der Waals surface area contributed by atoms with E-state index in [9.17, 15) is 0 Å². The quantitative estimate of drug-likeness (QED) is 0.843. The molecule has 21 heavy (non-hydrogen) atoms. The maximum Gasteiger partial charge on any atom is 0.162 e. The van der Waals surface area contributed by atoms with Crippen LogP contribution in [0.4, 0.5) is 0 Å². The first-order valence-electron chi connectivity index (χ1n) is 7.88. The fourth-order valence-electron chi connectivity index (χ4n) is 2.76. The molecule has 1 aliphatic heterocycles. The van der Waals surface area contributed by atoms with Crippen LogP contribution in [-0.4, -0.2) is 19.8 Å². The second-order valence-corrected chi connectivity index (χ2v) is 6.52. The van der Waals surface area contributed by atoms with Crippen LogP contribution in [0.15, 0.2) is 12.1 Å². The first-order valence-corrected chi connectivity index (χ1v) is 8.69. The third kappa shape index (κ3) is 3.01. The Morgan fingerprint density at radius 1 is 1.14 bits per heavy atom. The van der Waals surface area contributed by atoms with E-state index in [1.807, 2.05) is 11.3 Å². The van der Waals surface area contributed by atoms with Gasteiger partial charge >= 0.3 is 0 Å². The third-order valence-corrected chi connectivity index (χ3v) is 5.01. The van der Waals surface area contributed by atoms with Gasteiger partial charge in [-0.15, -0.1) is 11.3 Å². The molecular weight excluding hydrogens is 282 g/mol. The number of benzene rings is 1. The van der Waals surface area contributed by atoms with Gasteiger partial charge in [-0.25, -0.2) is 0 Å². The zero-order chi connectivity index (χ0) is 14.7. The fraction of sp³-hybridized carbons (Fsp3) is 0.529. The van der Waals surface area contributed by atoms with Crippen LogP contribution < -0.4 is 14.8 Å². The highest BCUT2D eigenvalue weighted by Crippen LogP contribution is 2.40. The van der Waals surface area contributed by atoms with Crippen LogP contribution in [0.5, 0.6) is 11.5 Å². The van der Waals surface area contributed by atoms with E-state index in [0.717, 1.165) is 50.6 Å². The summed E-state index contributed by atoms with van der Waals surface area (Å²) >= 11 is 1.88. The molecule has 3 rings (SSSR count). The van der Waals surface area contributed by atoms with Crippen LogP contribution in [-0.2, 0) is 13.0 Å². The normalized spacial score (nSPS) is 14.4. The summed E-state index contributed by atoms with van der Waals surface area (Å²) in [5.41, 5.74) is 1.45. The molecule has 114 valence electrons. The molecular formula is C17H23NO2S. The van der Waals surface area contributed by atoms with Gasteiger partial charge in [0.25, 0.3) is 0 Å². The van der Waals surface area contributed by atoms with Gasteiger partial charge in [-0.1, -0.05) is 13.8 Å². The Kier molecular flexibility index (Phi) is 4.66. The van der Waals surface area contributed by atoms with Gasteiger partial charge in [0.05, 0.1) is 13.2 Å². The van der Waals surface area contributed by atoms with Crippen molar-refractivity contribution in [2.45, 2.75) is 39.7 Å². The number of hydrogen-bond donors (Lipinski definition) is 1. The van der Waals surface area contributed by atoms with Crippen LogP contribution in [0, 0.1) is 0 Å². The molecule has 0 fully saturated rings. The largest absolute Gasteiger partial charge is 0.490 e. The summed E-state index contributed by atoms with van der Waals surface area (Å²) in [6.07, 6.45) is 3.18. The number of rotatable bonds is 5. The Balaban J connectivity index is 1.99. The first-order chi connectivity index (χ1) is 10.3. The van der Waals surface area contributed by atoms with Crippen molar-refractivity contribution >= 4 is 21.4 Å². The predicted octanol–water partition coefficient (Wildman–Crippen LogP) is 4.12. The number of fused-ring (bicyclic) bond motifs is 2. The van der Waals surface area contributed by atoms with Gasteiger partial charge in [0.2, 0.25) is 0 Å². The van der Waals surface area contributed by atoms with Crippen molar-refractivity contribution in [1.29, 1.82) is 0 Å². The van der Waals surface area contributed by atoms with Crippen LogP contribution in [0.3, 0.4) is 0 Å². The average molecular weight is 305 g/mol. The highest BCUT2D eigenvalue weighted by molar-refractivity contribution is 7.19. The summed E-state index contributed by atoms with van der Waals surface area (Å²) in [4.78, 5) is 1.45. The van der Waals surface area contributed by atoms with Crippen molar-refractivity contribution in [3.8, 4) is 11.5 Å². The summed E-state index contributed by atoms with van der Waals surface area (Å²) in [7, 11) is 0. The Bertz CT molecular complexity index is 621. The molecule has 1 aromatic heterocycles. The molecule has 0 saturated carbocycles. The van der Waals surface area contributed by atoms with E-state index in [4.69, 9.17) is 9.47 Å². The smallest absolute Gasteiger partial charge is 0.162 e. The summed E-state index contributed by atoms with van der Waals surface area (Å²) in [5.74, 6) is 1.80. The highest BCUT2D eigenvalue weighted by atomic mass is 32.1. The second kappa shape index (κ2) is 6.67. The maximum absolute atomic E-state index is 5.83.